The van der Waals surface area contributed by atoms with Gasteiger partial charge in [-0.05, 0) is 23.1 Å². The zero-order valence-electron chi connectivity index (χ0n) is 10.0. The number of hydrogen-bond acceptors (Lipinski definition) is 2. The number of benzene rings is 1. The second-order valence-electron chi connectivity index (χ2n) is 5.08. The van der Waals surface area contributed by atoms with Gasteiger partial charge in [0.15, 0.2) is 0 Å². The highest BCUT2D eigenvalue weighted by Crippen LogP contribution is 2.35. The lowest BCUT2D eigenvalue weighted by atomic mass is 9.79. The fraction of sp³-hybridized carbons (Fsp3) is 0.462. The van der Waals surface area contributed by atoms with E-state index in [4.69, 9.17) is 23.2 Å². The summed E-state index contributed by atoms with van der Waals surface area (Å²) in [6.07, 6.45) is -0.786. The van der Waals surface area contributed by atoms with Crippen LogP contribution in [0.15, 0.2) is 18.2 Å². The van der Waals surface area contributed by atoms with Crippen LogP contribution in [0.1, 0.15) is 32.3 Å². The summed E-state index contributed by atoms with van der Waals surface area (Å²) >= 11 is 11.9. The lowest BCUT2D eigenvalue weighted by Gasteiger charge is -2.30. The zero-order chi connectivity index (χ0) is 13.2. The molecule has 2 nitrogen and oxygen atoms in total. The second-order valence-corrected chi connectivity index (χ2v) is 5.93. The number of nitriles is 1. The number of halogens is 2. The third kappa shape index (κ3) is 3.35. The molecule has 0 fully saturated rings. The van der Waals surface area contributed by atoms with Crippen LogP contribution in [0.25, 0.3) is 0 Å². The predicted molar refractivity (Wildman–Crippen MR) is 70.3 cm³/mol. The van der Waals surface area contributed by atoms with Crippen molar-refractivity contribution in [2.24, 2.45) is 5.41 Å². The fourth-order valence-corrected chi connectivity index (χ4v) is 2.09. The first-order chi connectivity index (χ1) is 7.77. The smallest absolute Gasteiger partial charge is 0.0991 e. The highest BCUT2D eigenvalue weighted by atomic mass is 35.5. The molecule has 1 aromatic carbocycles. The van der Waals surface area contributed by atoms with Crippen LogP contribution in [0.4, 0.5) is 0 Å². The Bertz CT molecular complexity index is 446. The lowest BCUT2D eigenvalue weighted by Crippen LogP contribution is -2.32. The van der Waals surface area contributed by atoms with Crippen LogP contribution < -0.4 is 0 Å². The van der Waals surface area contributed by atoms with Crippen molar-refractivity contribution in [3.8, 4) is 6.07 Å². The van der Waals surface area contributed by atoms with E-state index in [2.05, 4.69) is 6.07 Å². The average Bonchev–Trinajstić information content (AvgIpc) is 2.20. The Hall–Kier alpha value is -0.750. The molecule has 4 heteroatoms. The van der Waals surface area contributed by atoms with Gasteiger partial charge in [-0.2, -0.15) is 5.26 Å². The SMILES string of the molecule is CC(C)(C)C(O)C(C#N)c1ccc(Cl)cc1Cl. The Morgan fingerprint density at radius 2 is 1.88 bits per heavy atom. The number of aliphatic hydroxyl groups excluding tert-OH is 1. The van der Waals surface area contributed by atoms with Crippen molar-refractivity contribution in [2.75, 3.05) is 0 Å². The van der Waals surface area contributed by atoms with Crippen LogP contribution >= 0.6 is 23.2 Å². The number of aliphatic hydroxyl groups is 1. The normalized spacial score (nSPS) is 15.1. The van der Waals surface area contributed by atoms with Gasteiger partial charge < -0.3 is 5.11 Å². The van der Waals surface area contributed by atoms with E-state index in [-0.39, 0.29) is 5.41 Å². The second kappa shape index (κ2) is 5.27. The molecule has 0 bridgehead atoms. The Morgan fingerprint density at radius 1 is 1.29 bits per heavy atom. The van der Waals surface area contributed by atoms with Gasteiger partial charge in [-0.3, -0.25) is 0 Å². The third-order valence-corrected chi connectivity index (χ3v) is 3.20. The first-order valence-electron chi connectivity index (χ1n) is 5.30. The van der Waals surface area contributed by atoms with E-state index in [1.54, 1.807) is 18.2 Å². The van der Waals surface area contributed by atoms with Crippen LogP contribution in [0, 0.1) is 16.7 Å². The molecule has 0 saturated heterocycles. The van der Waals surface area contributed by atoms with Crippen molar-refractivity contribution >= 4 is 23.2 Å². The molecule has 0 heterocycles. The molecule has 17 heavy (non-hydrogen) atoms. The third-order valence-electron chi connectivity index (χ3n) is 2.64. The van der Waals surface area contributed by atoms with Gasteiger partial charge in [0.05, 0.1) is 18.1 Å². The lowest BCUT2D eigenvalue weighted by molar-refractivity contribution is 0.0527. The molecular formula is C13H15Cl2NO. The van der Waals surface area contributed by atoms with E-state index >= 15 is 0 Å². The maximum atomic E-state index is 10.2. The molecule has 2 unspecified atom stereocenters. The molecular weight excluding hydrogens is 257 g/mol. The van der Waals surface area contributed by atoms with Crippen molar-refractivity contribution in [1.82, 2.24) is 0 Å². The van der Waals surface area contributed by atoms with Crippen LogP contribution in [0.2, 0.25) is 10.0 Å². The van der Waals surface area contributed by atoms with Gasteiger partial charge in [-0.15, -0.1) is 0 Å². The minimum Gasteiger partial charge on any atom is -0.391 e. The van der Waals surface area contributed by atoms with Crippen molar-refractivity contribution in [3.05, 3.63) is 33.8 Å². The maximum Gasteiger partial charge on any atom is 0.0991 e. The minimum absolute atomic E-state index is 0.386. The average molecular weight is 272 g/mol. The van der Waals surface area contributed by atoms with E-state index in [0.29, 0.717) is 15.6 Å². The largest absolute Gasteiger partial charge is 0.391 e. The summed E-state index contributed by atoms with van der Waals surface area (Å²) in [6, 6.07) is 7.05. The summed E-state index contributed by atoms with van der Waals surface area (Å²) in [5.74, 6) is -0.653. The van der Waals surface area contributed by atoms with Crippen LogP contribution in [0.5, 0.6) is 0 Å². The van der Waals surface area contributed by atoms with E-state index < -0.39 is 12.0 Å². The highest BCUT2D eigenvalue weighted by Gasteiger charge is 2.32. The monoisotopic (exact) mass is 271 g/mol. The Morgan fingerprint density at radius 3 is 2.29 bits per heavy atom. The summed E-state index contributed by atoms with van der Waals surface area (Å²) in [6.45, 7) is 5.64. The molecule has 0 aliphatic heterocycles. The number of hydrogen-bond donors (Lipinski definition) is 1. The summed E-state index contributed by atoms with van der Waals surface area (Å²) in [7, 11) is 0. The molecule has 0 radical (unpaired) electrons. The van der Waals surface area contributed by atoms with Crippen LogP contribution in [-0.4, -0.2) is 11.2 Å². The topological polar surface area (TPSA) is 44.0 Å². The Balaban J connectivity index is 3.16. The summed E-state index contributed by atoms with van der Waals surface area (Å²) in [5.41, 5.74) is 0.226. The first-order valence-corrected chi connectivity index (χ1v) is 6.05. The fourth-order valence-electron chi connectivity index (χ4n) is 1.56. The Labute approximate surface area is 112 Å². The highest BCUT2D eigenvalue weighted by molar-refractivity contribution is 6.35. The van der Waals surface area contributed by atoms with E-state index in [9.17, 15) is 10.4 Å². The van der Waals surface area contributed by atoms with Crippen LogP contribution in [0.3, 0.4) is 0 Å². The molecule has 1 aromatic rings. The summed E-state index contributed by atoms with van der Waals surface area (Å²) in [4.78, 5) is 0. The first kappa shape index (κ1) is 14.3. The summed E-state index contributed by atoms with van der Waals surface area (Å²) in [5, 5.41) is 20.3. The van der Waals surface area contributed by atoms with Crippen molar-refractivity contribution in [1.29, 1.82) is 5.26 Å². The molecule has 2 atom stereocenters. The number of nitrogens with zero attached hydrogens (tertiary/aromatic N) is 1. The molecule has 0 aromatic heterocycles. The van der Waals surface area contributed by atoms with Gasteiger partial charge in [-0.1, -0.05) is 50.0 Å². The predicted octanol–water partition coefficient (Wildman–Crippen LogP) is 4.01. The van der Waals surface area contributed by atoms with Gasteiger partial charge in [0.2, 0.25) is 0 Å². The molecule has 0 spiro atoms. The molecule has 1 rings (SSSR count). The van der Waals surface area contributed by atoms with Crippen molar-refractivity contribution < 1.29 is 5.11 Å². The van der Waals surface area contributed by atoms with Crippen molar-refractivity contribution in [2.45, 2.75) is 32.8 Å². The van der Waals surface area contributed by atoms with Gasteiger partial charge in [0.25, 0.3) is 0 Å². The standard InChI is InChI=1S/C13H15Cl2NO/c1-13(2,3)12(17)10(7-16)9-5-4-8(14)6-11(9)15/h4-6,10,12,17H,1-3H3. The Kier molecular flexibility index (Phi) is 4.43. The van der Waals surface area contributed by atoms with Crippen LogP contribution in [-0.2, 0) is 0 Å². The molecule has 0 amide bonds. The zero-order valence-corrected chi connectivity index (χ0v) is 11.5. The van der Waals surface area contributed by atoms with Gasteiger partial charge in [0, 0.05) is 10.0 Å². The quantitative estimate of drug-likeness (QED) is 0.884. The maximum absolute atomic E-state index is 10.2. The van der Waals surface area contributed by atoms with E-state index in [1.807, 2.05) is 20.8 Å². The van der Waals surface area contributed by atoms with E-state index in [1.165, 1.54) is 0 Å². The van der Waals surface area contributed by atoms with E-state index in [0.717, 1.165) is 0 Å². The number of rotatable bonds is 2. The molecule has 0 aliphatic rings. The molecule has 1 N–H and O–H groups in total. The van der Waals surface area contributed by atoms with Gasteiger partial charge in [-0.25, -0.2) is 0 Å². The summed E-state index contributed by atoms with van der Waals surface area (Å²) < 4.78 is 0. The van der Waals surface area contributed by atoms with Gasteiger partial charge >= 0.3 is 0 Å². The minimum atomic E-state index is -0.786. The molecule has 92 valence electrons. The molecule has 0 aliphatic carbocycles. The molecule has 0 saturated carbocycles. The van der Waals surface area contributed by atoms with Gasteiger partial charge in [0.1, 0.15) is 0 Å². The van der Waals surface area contributed by atoms with Crippen molar-refractivity contribution in [3.63, 3.8) is 0 Å².